The summed E-state index contributed by atoms with van der Waals surface area (Å²) < 4.78 is 65.7. The zero-order valence-electron chi connectivity index (χ0n) is 21.9. The highest BCUT2D eigenvalue weighted by molar-refractivity contribution is 7.92. The smallest absolute Gasteiger partial charge is 0.350 e. The van der Waals surface area contributed by atoms with Crippen molar-refractivity contribution in [3.63, 3.8) is 0 Å². The van der Waals surface area contributed by atoms with Crippen LogP contribution in [0.15, 0.2) is 48.5 Å². The van der Waals surface area contributed by atoms with Crippen LogP contribution in [0.2, 0.25) is 0 Å². The van der Waals surface area contributed by atoms with Gasteiger partial charge in [0.05, 0.1) is 17.5 Å². The van der Waals surface area contributed by atoms with Crippen molar-refractivity contribution in [3.8, 4) is 0 Å². The van der Waals surface area contributed by atoms with Gasteiger partial charge in [-0.1, -0.05) is 42.8 Å². The largest absolute Gasteiger partial charge is 0.416 e. The molecule has 11 heteroatoms. The first kappa shape index (κ1) is 30.1. The lowest BCUT2D eigenvalue weighted by Gasteiger charge is -2.34. The number of amides is 2. The monoisotopic (exact) mass is 541 g/mol. The number of carbonyl (C=O) groups is 2. The molecule has 2 amide bonds. The van der Waals surface area contributed by atoms with Gasteiger partial charge in [0.2, 0.25) is 21.8 Å². The number of hydrogen-bond acceptors (Lipinski definition) is 4. The van der Waals surface area contributed by atoms with Crippen LogP contribution in [0.1, 0.15) is 50.8 Å². The molecular formula is C26H34F3N3O4S. The Hall–Kier alpha value is -3.08. The summed E-state index contributed by atoms with van der Waals surface area (Å²) in [5, 5.41) is 2.85. The molecule has 204 valence electrons. The molecular weight excluding hydrogens is 507 g/mol. The molecule has 0 saturated heterocycles. The molecule has 0 aliphatic carbocycles. The molecule has 0 bridgehead atoms. The molecule has 0 unspecified atom stereocenters. The van der Waals surface area contributed by atoms with Crippen LogP contribution in [0.25, 0.3) is 0 Å². The Labute approximate surface area is 216 Å². The second-order valence-corrected chi connectivity index (χ2v) is 11.9. The van der Waals surface area contributed by atoms with Crippen molar-refractivity contribution in [1.29, 1.82) is 0 Å². The van der Waals surface area contributed by atoms with Gasteiger partial charge in [0.25, 0.3) is 0 Å². The minimum atomic E-state index is -4.70. The standard InChI is InChI=1S/C26H34F3N3O4S/c1-7-22(24(34)30-25(3,4)5)31(16-19-13-11-18(2)12-14-19)23(33)17-32(37(6,35)36)21-10-8-9-20(15-21)26(27,28)29/h8-15,22H,7,16-17H2,1-6H3,(H,30,34)/t22-/m0/s1. The number of carbonyl (C=O) groups excluding carboxylic acids is 2. The maximum atomic E-state index is 13.6. The van der Waals surface area contributed by atoms with E-state index in [2.05, 4.69) is 5.32 Å². The normalized spacial score (nSPS) is 13.1. The van der Waals surface area contributed by atoms with E-state index < -0.39 is 51.7 Å². The van der Waals surface area contributed by atoms with Gasteiger partial charge in [-0.15, -0.1) is 0 Å². The summed E-state index contributed by atoms with van der Waals surface area (Å²) in [7, 11) is -4.15. The predicted octanol–water partition coefficient (Wildman–Crippen LogP) is 4.50. The van der Waals surface area contributed by atoms with Crippen molar-refractivity contribution < 1.29 is 31.2 Å². The Morgan fingerprint density at radius 2 is 1.62 bits per heavy atom. The SMILES string of the molecule is CC[C@@H](C(=O)NC(C)(C)C)N(Cc1ccc(C)cc1)C(=O)CN(c1cccc(C(F)(F)F)c1)S(C)(=O)=O. The van der Waals surface area contributed by atoms with Crippen molar-refractivity contribution in [2.75, 3.05) is 17.1 Å². The number of rotatable bonds is 9. The summed E-state index contributed by atoms with van der Waals surface area (Å²) in [6.07, 6.45) is -3.64. The second kappa shape index (κ2) is 11.5. The van der Waals surface area contributed by atoms with Crippen LogP contribution in [0.4, 0.5) is 18.9 Å². The third-order valence-corrected chi connectivity index (χ3v) is 6.64. The number of hydrogen-bond donors (Lipinski definition) is 1. The first-order chi connectivity index (χ1) is 16.9. The Kier molecular flexibility index (Phi) is 9.40. The number of benzene rings is 2. The van der Waals surface area contributed by atoms with E-state index in [0.717, 1.165) is 24.0 Å². The van der Waals surface area contributed by atoms with E-state index in [1.165, 1.54) is 11.0 Å². The summed E-state index contributed by atoms with van der Waals surface area (Å²) in [6, 6.07) is 10.1. The first-order valence-corrected chi connectivity index (χ1v) is 13.6. The van der Waals surface area contributed by atoms with Crippen LogP contribution in [0.5, 0.6) is 0 Å². The fraction of sp³-hybridized carbons (Fsp3) is 0.462. The summed E-state index contributed by atoms with van der Waals surface area (Å²) in [6.45, 7) is 8.25. The molecule has 2 rings (SSSR count). The second-order valence-electron chi connectivity index (χ2n) is 9.99. The molecule has 1 N–H and O–H groups in total. The number of nitrogens with zero attached hydrogens (tertiary/aromatic N) is 2. The maximum Gasteiger partial charge on any atom is 0.416 e. The lowest BCUT2D eigenvalue weighted by Crippen LogP contribution is -2.55. The van der Waals surface area contributed by atoms with Gasteiger partial charge in [0.15, 0.2) is 0 Å². The van der Waals surface area contributed by atoms with Crippen LogP contribution < -0.4 is 9.62 Å². The van der Waals surface area contributed by atoms with E-state index in [1.807, 2.05) is 19.1 Å². The molecule has 1 atom stereocenters. The molecule has 7 nitrogen and oxygen atoms in total. The summed E-state index contributed by atoms with van der Waals surface area (Å²) in [5.74, 6) is -1.14. The predicted molar refractivity (Wildman–Crippen MR) is 137 cm³/mol. The molecule has 0 saturated carbocycles. The molecule has 2 aromatic rings. The number of aryl methyl sites for hydroxylation is 1. The van der Waals surface area contributed by atoms with Gasteiger partial charge in [-0.3, -0.25) is 13.9 Å². The molecule has 0 fully saturated rings. The topological polar surface area (TPSA) is 86.8 Å². The van der Waals surface area contributed by atoms with Crippen LogP contribution in [0.3, 0.4) is 0 Å². The minimum Gasteiger partial charge on any atom is -0.350 e. The van der Waals surface area contributed by atoms with Gasteiger partial charge in [-0.2, -0.15) is 13.2 Å². The van der Waals surface area contributed by atoms with Gasteiger partial charge in [0.1, 0.15) is 12.6 Å². The van der Waals surface area contributed by atoms with Crippen molar-refractivity contribution >= 4 is 27.5 Å². The van der Waals surface area contributed by atoms with Gasteiger partial charge in [0, 0.05) is 12.1 Å². The van der Waals surface area contributed by atoms with E-state index in [1.54, 1.807) is 39.8 Å². The summed E-state index contributed by atoms with van der Waals surface area (Å²) in [4.78, 5) is 28.0. The third kappa shape index (κ3) is 8.77. The highest BCUT2D eigenvalue weighted by Gasteiger charge is 2.35. The molecule has 0 radical (unpaired) electrons. The number of halogens is 3. The van der Waals surface area contributed by atoms with E-state index in [4.69, 9.17) is 0 Å². The summed E-state index contributed by atoms with van der Waals surface area (Å²) in [5.41, 5.74) is -0.218. The van der Waals surface area contributed by atoms with E-state index >= 15 is 0 Å². The summed E-state index contributed by atoms with van der Waals surface area (Å²) >= 11 is 0. The molecule has 0 heterocycles. The number of nitrogens with one attached hydrogen (secondary N) is 1. The molecule has 0 aromatic heterocycles. The van der Waals surface area contributed by atoms with Crippen LogP contribution in [0, 0.1) is 6.92 Å². The average Bonchev–Trinajstić information content (AvgIpc) is 2.76. The fourth-order valence-electron chi connectivity index (χ4n) is 3.71. The minimum absolute atomic E-state index is 0.00930. The fourth-order valence-corrected chi connectivity index (χ4v) is 4.56. The van der Waals surface area contributed by atoms with Crippen LogP contribution in [-0.4, -0.2) is 49.5 Å². The van der Waals surface area contributed by atoms with Crippen LogP contribution >= 0.6 is 0 Å². The Morgan fingerprint density at radius 1 is 1.03 bits per heavy atom. The van der Waals surface area contributed by atoms with Gasteiger partial charge < -0.3 is 10.2 Å². The van der Waals surface area contributed by atoms with Crippen molar-refractivity contribution in [2.45, 2.75) is 65.3 Å². The average molecular weight is 542 g/mol. The molecule has 2 aromatic carbocycles. The first-order valence-electron chi connectivity index (χ1n) is 11.7. The lowest BCUT2D eigenvalue weighted by molar-refractivity contribution is -0.141. The zero-order chi connectivity index (χ0) is 28.2. The zero-order valence-corrected chi connectivity index (χ0v) is 22.7. The molecule has 0 aliphatic heterocycles. The number of sulfonamides is 1. The lowest BCUT2D eigenvalue weighted by atomic mass is 10.1. The van der Waals surface area contributed by atoms with Gasteiger partial charge >= 0.3 is 6.18 Å². The Morgan fingerprint density at radius 3 is 2.11 bits per heavy atom. The Balaban J connectivity index is 2.50. The number of anilines is 1. The van der Waals surface area contributed by atoms with Gasteiger partial charge in [-0.05, 0) is 57.9 Å². The van der Waals surface area contributed by atoms with Gasteiger partial charge in [-0.25, -0.2) is 8.42 Å². The highest BCUT2D eigenvalue weighted by atomic mass is 32.2. The van der Waals surface area contributed by atoms with E-state index in [0.29, 0.717) is 15.9 Å². The van der Waals surface area contributed by atoms with E-state index in [9.17, 15) is 31.2 Å². The maximum absolute atomic E-state index is 13.6. The van der Waals surface area contributed by atoms with Crippen molar-refractivity contribution in [1.82, 2.24) is 10.2 Å². The number of alkyl halides is 3. The highest BCUT2D eigenvalue weighted by Crippen LogP contribution is 2.32. The van der Waals surface area contributed by atoms with Crippen molar-refractivity contribution in [3.05, 3.63) is 65.2 Å². The third-order valence-electron chi connectivity index (χ3n) is 5.50. The van der Waals surface area contributed by atoms with Crippen LogP contribution in [-0.2, 0) is 32.3 Å². The Bertz CT molecular complexity index is 1210. The quantitative estimate of drug-likeness (QED) is 0.507. The van der Waals surface area contributed by atoms with Crippen molar-refractivity contribution in [2.24, 2.45) is 0 Å². The van der Waals surface area contributed by atoms with E-state index in [-0.39, 0.29) is 18.7 Å². The molecule has 0 spiro atoms. The molecule has 37 heavy (non-hydrogen) atoms. The molecule has 0 aliphatic rings.